The van der Waals surface area contributed by atoms with Crippen LogP contribution in [0.2, 0.25) is 0 Å². The Morgan fingerprint density at radius 2 is 1.83 bits per heavy atom. The van der Waals surface area contributed by atoms with Gasteiger partial charge < -0.3 is 15.1 Å². The second-order valence-corrected chi connectivity index (χ2v) is 8.26. The molecule has 9 nitrogen and oxygen atoms in total. The second-order valence-electron chi connectivity index (χ2n) is 8.26. The number of carbonyl (C=O) groups is 2. The van der Waals surface area contributed by atoms with Crippen LogP contribution in [0.3, 0.4) is 0 Å². The molecule has 0 bridgehead atoms. The van der Waals surface area contributed by atoms with E-state index in [1.165, 1.54) is 12.1 Å². The molecular weight excluding hydrogens is 386 g/mol. The van der Waals surface area contributed by atoms with Crippen molar-refractivity contribution in [2.75, 3.05) is 58.3 Å². The van der Waals surface area contributed by atoms with E-state index in [4.69, 9.17) is 0 Å². The van der Waals surface area contributed by atoms with E-state index in [2.05, 4.69) is 10.2 Å². The molecule has 1 heterocycles. The van der Waals surface area contributed by atoms with Gasteiger partial charge in [-0.05, 0) is 18.9 Å². The molecule has 3 rings (SSSR count). The number of nitrogens with zero attached hydrogens (tertiary/aromatic N) is 4. The van der Waals surface area contributed by atoms with Gasteiger partial charge in [0.05, 0.1) is 10.5 Å². The first kappa shape index (κ1) is 22.0. The van der Waals surface area contributed by atoms with Crippen molar-refractivity contribution in [3.8, 4) is 0 Å². The van der Waals surface area contributed by atoms with Crippen molar-refractivity contribution in [3.63, 3.8) is 0 Å². The Balaban J connectivity index is 1.48. The van der Waals surface area contributed by atoms with Crippen molar-refractivity contribution in [1.82, 2.24) is 15.1 Å². The van der Waals surface area contributed by atoms with Gasteiger partial charge in [-0.15, -0.1) is 0 Å². The van der Waals surface area contributed by atoms with Crippen molar-refractivity contribution in [2.24, 2.45) is 5.92 Å². The summed E-state index contributed by atoms with van der Waals surface area (Å²) >= 11 is 0. The first-order valence-corrected chi connectivity index (χ1v) is 10.6. The third kappa shape index (κ3) is 5.27. The molecule has 164 valence electrons. The molecule has 1 N–H and O–H groups in total. The zero-order chi connectivity index (χ0) is 21.7. The van der Waals surface area contributed by atoms with Crippen LogP contribution in [0.25, 0.3) is 0 Å². The molecule has 0 aromatic heterocycles. The SMILES string of the molecule is CN(C)c1ccc([N+](=O)[O-])cc1C(=O)NCCN1CCN(C(=O)C2CCCC2)CC1. The lowest BCUT2D eigenvalue weighted by atomic mass is 10.1. The molecule has 1 aromatic rings. The van der Waals surface area contributed by atoms with Crippen LogP contribution in [0.4, 0.5) is 11.4 Å². The standard InChI is InChI=1S/C21H31N5O4/c1-23(2)19-8-7-17(26(29)30)15-18(19)20(27)22-9-10-24-11-13-25(14-12-24)21(28)16-5-3-4-6-16/h7-8,15-16H,3-6,9-14H2,1-2H3,(H,22,27). The molecule has 2 amide bonds. The van der Waals surface area contributed by atoms with E-state index in [0.717, 1.165) is 51.9 Å². The number of piperazine rings is 1. The van der Waals surface area contributed by atoms with Crippen LogP contribution in [0.15, 0.2) is 18.2 Å². The van der Waals surface area contributed by atoms with Gasteiger partial charge in [-0.2, -0.15) is 0 Å². The van der Waals surface area contributed by atoms with Gasteiger partial charge in [0.2, 0.25) is 5.91 Å². The topological polar surface area (TPSA) is 99.0 Å². The zero-order valence-electron chi connectivity index (χ0n) is 17.8. The molecule has 2 aliphatic rings. The Bertz CT molecular complexity index is 784. The molecule has 1 saturated carbocycles. The third-order valence-electron chi connectivity index (χ3n) is 6.02. The predicted octanol–water partition coefficient (Wildman–Crippen LogP) is 1.72. The Morgan fingerprint density at radius 3 is 2.43 bits per heavy atom. The average molecular weight is 418 g/mol. The van der Waals surface area contributed by atoms with Gasteiger partial charge in [0.25, 0.3) is 11.6 Å². The van der Waals surface area contributed by atoms with E-state index in [9.17, 15) is 19.7 Å². The van der Waals surface area contributed by atoms with Gasteiger partial charge in [0, 0.05) is 77.1 Å². The first-order valence-electron chi connectivity index (χ1n) is 10.6. The van der Waals surface area contributed by atoms with Crippen LogP contribution in [-0.4, -0.2) is 79.9 Å². The zero-order valence-corrected chi connectivity index (χ0v) is 17.8. The average Bonchev–Trinajstić information content (AvgIpc) is 3.28. The normalized spacial score (nSPS) is 17.7. The Hall–Kier alpha value is -2.68. The lowest BCUT2D eigenvalue weighted by molar-refractivity contribution is -0.384. The highest BCUT2D eigenvalue weighted by molar-refractivity contribution is 6.00. The largest absolute Gasteiger partial charge is 0.377 e. The van der Waals surface area contributed by atoms with Crippen molar-refractivity contribution < 1.29 is 14.5 Å². The smallest absolute Gasteiger partial charge is 0.270 e. The number of nitro groups is 1. The summed E-state index contributed by atoms with van der Waals surface area (Å²) < 4.78 is 0. The molecule has 30 heavy (non-hydrogen) atoms. The highest BCUT2D eigenvalue weighted by atomic mass is 16.6. The molecular formula is C21H31N5O4. The Labute approximate surface area is 177 Å². The number of hydrogen-bond donors (Lipinski definition) is 1. The van der Waals surface area contributed by atoms with Crippen molar-refractivity contribution >= 4 is 23.2 Å². The van der Waals surface area contributed by atoms with Crippen LogP contribution < -0.4 is 10.2 Å². The number of rotatable bonds is 7. The van der Waals surface area contributed by atoms with Crippen molar-refractivity contribution in [3.05, 3.63) is 33.9 Å². The summed E-state index contributed by atoms with van der Waals surface area (Å²) in [7, 11) is 3.59. The Morgan fingerprint density at radius 1 is 1.17 bits per heavy atom. The maximum absolute atomic E-state index is 12.6. The number of nitro benzene ring substituents is 1. The molecule has 1 saturated heterocycles. The van der Waals surface area contributed by atoms with Crippen molar-refractivity contribution in [2.45, 2.75) is 25.7 Å². The minimum absolute atomic E-state index is 0.103. The van der Waals surface area contributed by atoms with Gasteiger partial charge in [0.1, 0.15) is 0 Å². The summed E-state index contributed by atoms with van der Waals surface area (Å²) in [5.41, 5.74) is 0.826. The summed E-state index contributed by atoms with van der Waals surface area (Å²) in [6, 6.07) is 4.31. The number of nitrogens with one attached hydrogen (secondary N) is 1. The molecule has 1 aliphatic heterocycles. The molecule has 0 atom stereocenters. The number of amides is 2. The Kier molecular flexibility index (Phi) is 7.25. The maximum Gasteiger partial charge on any atom is 0.270 e. The molecule has 1 aliphatic carbocycles. The molecule has 1 aromatic carbocycles. The fraction of sp³-hybridized carbons (Fsp3) is 0.619. The van der Waals surface area contributed by atoms with E-state index in [1.807, 2.05) is 4.90 Å². The molecule has 0 radical (unpaired) electrons. The summed E-state index contributed by atoms with van der Waals surface area (Å²) in [5.74, 6) is 0.205. The van der Waals surface area contributed by atoms with Crippen molar-refractivity contribution in [1.29, 1.82) is 0 Å². The van der Waals surface area contributed by atoms with Gasteiger partial charge in [-0.3, -0.25) is 24.6 Å². The van der Waals surface area contributed by atoms with Crippen LogP contribution in [0.1, 0.15) is 36.0 Å². The summed E-state index contributed by atoms with van der Waals surface area (Å²) in [6.45, 7) is 4.20. The van der Waals surface area contributed by atoms with Gasteiger partial charge in [-0.25, -0.2) is 0 Å². The summed E-state index contributed by atoms with van der Waals surface area (Å²) in [5, 5.41) is 13.9. The summed E-state index contributed by atoms with van der Waals surface area (Å²) in [4.78, 5) is 41.7. The van der Waals surface area contributed by atoms with E-state index in [1.54, 1.807) is 25.1 Å². The summed E-state index contributed by atoms with van der Waals surface area (Å²) in [6.07, 6.45) is 4.38. The second kappa shape index (κ2) is 9.88. The molecule has 2 fully saturated rings. The quantitative estimate of drug-likeness (QED) is 0.536. The number of benzene rings is 1. The van der Waals surface area contributed by atoms with Crippen LogP contribution in [0, 0.1) is 16.0 Å². The molecule has 0 spiro atoms. The number of hydrogen-bond acceptors (Lipinski definition) is 6. The maximum atomic E-state index is 12.6. The highest BCUT2D eigenvalue weighted by Crippen LogP contribution is 2.27. The fourth-order valence-corrected chi connectivity index (χ4v) is 4.26. The lowest BCUT2D eigenvalue weighted by Crippen LogP contribution is -2.51. The van der Waals surface area contributed by atoms with Gasteiger partial charge >= 0.3 is 0 Å². The number of carbonyl (C=O) groups excluding carboxylic acids is 2. The monoisotopic (exact) mass is 417 g/mol. The van der Waals surface area contributed by atoms with Crippen LogP contribution in [0.5, 0.6) is 0 Å². The molecule has 0 unspecified atom stereocenters. The van der Waals surface area contributed by atoms with E-state index in [-0.39, 0.29) is 17.5 Å². The van der Waals surface area contributed by atoms with Gasteiger partial charge in [-0.1, -0.05) is 12.8 Å². The van der Waals surface area contributed by atoms with E-state index in [0.29, 0.717) is 30.2 Å². The number of non-ortho nitro benzene ring substituents is 1. The third-order valence-corrected chi connectivity index (χ3v) is 6.02. The van der Waals surface area contributed by atoms with Crippen LogP contribution >= 0.6 is 0 Å². The van der Waals surface area contributed by atoms with E-state index < -0.39 is 4.92 Å². The van der Waals surface area contributed by atoms with Crippen LogP contribution in [-0.2, 0) is 4.79 Å². The van der Waals surface area contributed by atoms with Gasteiger partial charge in [0.15, 0.2) is 0 Å². The highest BCUT2D eigenvalue weighted by Gasteiger charge is 2.29. The van der Waals surface area contributed by atoms with E-state index >= 15 is 0 Å². The lowest BCUT2D eigenvalue weighted by Gasteiger charge is -2.36. The minimum Gasteiger partial charge on any atom is -0.377 e. The fourth-order valence-electron chi connectivity index (χ4n) is 4.26. The first-order chi connectivity index (χ1) is 14.4. The number of anilines is 1. The minimum atomic E-state index is -0.497. The predicted molar refractivity (Wildman–Crippen MR) is 115 cm³/mol. The molecule has 9 heteroatoms.